The number of carbonyl (C=O) groups excluding carboxylic acids is 1. The predicted octanol–water partition coefficient (Wildman–Crippen LogP) is 3.04. The third-order valence-electron chi connectivity index (χ3n) is 2.79. The number of hydrogen-bond donors (Lipinski definition) is 0. The summed E-state index contributed by atoms with van der Waals surface area (Å²) in [6.07, 6.45) is 0. The Kier molecular flexibility index (Phi) is 4.47. The number of aryl methyl sites for hydroxylation is 1. The van der Waals surface area contributed by atoms with Crippen LogP contribution < -0.4 is 0 Å². The van der Waals surface area contributed by atoms with Crippen molar-refractivity contribution in [1.29, 1.82) is 0 Å². The SMILES string of the molecule is Cc1cccc(CN(C)CC(=O)C(C)(C)C)c1. The van der Waals surface area contributed by atoms with Gasteiger partial charge >= 0.3 is 0 Å². The van der Waals surface area contributed by atoms with Gasteiger partial charge in [0.1, 0.15) is 0 Å². The van der Waals surface area contributed by atoms with Crippen LogP contribution in [0.15, 0.2) is 24.3 Å². The van der Waals surface area contributed by atoms with E-state index in [4.69, 9.17) is 0 Å². The molecule has 0 atom stereocenters. The summed E-state index contributed by atoms with van der Waals surface area (Å²) < 4.78 is 0. The number of hydrogen-bond acceptors (Lipinski definition) is 2. The van der Waals surface area contributed by atoms with Gasteiger partial charge in [0.15, 0.2) is 5.78 Å². The molecule has 2 nitrogen and oxygen atoms in total. The first kappa shape index (κ1) is 13.9. The average Bonchev–Trinajstić information content (AvgIpc) is 2.15. The molecule has 0 aromatic heterocycles. The van der Waals surface area contributed by atoms with Gasteiger partial charge in [-0.05, 0) is 19.5 Å². The number of nitrogens with zero attached hydrogens (tertiary/aromatic N) is 1. The molecule has 0 heterocycles. The Morgan fingerprint density at radius 1 is 1.29 bits per heavy atom. The Balaban J connectivity index is 2.56. The van der Waals surface area contributed by atoms with Crippen LogP contribution in [0.5, 0.6) is 0 Å². The zero-order chi connectivity index (χ0) is 13.1. The monoisotopic (exact) mass is 233 g/mol. The van der Waals surface area contributed by atoms with E-state index in [0.29, 0.717) is 6.54 Å². The molecule has 0 unspecified atom stereocenters. The number of Topliss-reactive ketones (excluding diaryl/α,β-unsaturated/α-hetero) is 1. The molecule has 1 rings (SSSR count). The Morgan fingerprint density at radius 2 is 1.94 bits per heavy atom. The molecule has 0 saturated heterocycles. The number of likely N-dealkylation sites (N-methyl/N-ethyl adjacent to an activating group) is 1. The van der Waals surface area contributed by atoms with E-state index in [9.17, 15) is 4.79 Å². The van der Waals surface area contributed by atoms with Crippen molar-refractivity contribution in [2.24, 2.45) is 5.41 Å². The Bertz CT molecular complexity index is 390. The van der Waals surface area contributed by atoms with Crippen molar-refractivity contribution in [2.45, 2.75) is 34.2 Å². The average molecular weight is 233 g/mol. The molecule has 2 heteroatoms. The van der Waals surface area contributed by atoms with Crippen LogP contribution in [-0.2, 0) is 11.3 Å². The van der Waals surface area contributed by atoms with Crippen LogP contribution in [0, 0.1) is 12.3 Å². The van der Waals surface area contributed by atoms with E-state index in [-0.39, 0.29) is 11.2 Å². The molecule has 0 N–H and O–H groups in total. The van der Waals surface area contributed by atoms with Gasteiger partial charge in [-0.2, -0.15) is 0 Å². The van der Waals surface area contributed by atoms with Crippen molar-refractivity contribution >= 4 is 5.78 Å². The van der Waals surface area contributed by atoms with Gasteiger partial charge < -0.3 is 0 Å². The normalized spacial score (nSPS) is 11.9. The first-order valence-electron chi connectivity index (χ1n) is 6.06. The maximum absolute atomic E-state index is 11.9. The minimum absolute atomic E-state index is 0.249. The van der Waals surface area contributed by atoms with Crippen LogP contribution in [0.4, 0.5) is 0 Å². The van der Waals surface area contributed by atoms with Crippen LogP contribution in [0.1, 0.15) is 31.9 Å². The molecule has 0 aliphatic heterocycles. The smallest absolute Gasteiger partial charge is 0.152 e. The minimum atomic E-state index is -0.249. The molecule has 17 heavy (non-hydrogen) atoms. The quantitative estimate of drug-likeness (QED) is 0.796. The van der Waals surface area contributed by atoms with Crippen LogP contribution in [0.25, 0.3) is 0 Å². The first-order valence-corrected chi connectivity index (χ1v) is 6.06. The van der Waals surface area contributed by atoms with Crippen LogP contribution in [0.3, 0.4) is 0 Å². The van der Waals surface area contributed by atoms with E-state index in [1.165, 1.54) is 11.1 Å². The molecule has 94 valence electrons. The summed E-state index contributed by atoms with van der Waals surface area (Å²) in [4.78, 5) is 14.0. The fourth-order valence-electron chi connectivity index (χ4n) is 1.66. The summed E-state index contributed by atoms with van der Waals surface area (Å²) in [7, 11) is 1.99. The van der Waals surface area contributed by atoms with E-state index >= 15 is 0 Å². The molecule has 0 spiro atoms. The van der Waals surface area contributed by atoms with Gasteiger partial charge in [-0.3, -0.25) is 9.69 Å². The van der Waals surface area contributed by atoms with Gasteiger partial charge in [0.05, 0.1) is 6.54 Å². The molecule has 0 aliphatic rings. The summed E-state index contributed by atoms with van der Waals surface area (Å²) >= 11 is 0. The molecule has 0 bridgehead atoms. The fraction of sp³-hybridized carbons (Fsp3) is 0.533. The number of ketones is 1. The van der Waals surface area contributed by atoms with Crippen molar-refractivity contribution in [1.82, 2.24) is 4.90 Å². The summed E-state index contributed by atoms with van der Waals surface area (Å²) in [6.45, 7) is 9.33. The molecule has 0 saturated carbocycles. The van der Waals surface area contributed by atoms with Gasteiger partial charge in [0.2, 0.25) is 0 Å². The Hall–Kier alpha value is -1.15. The highest BCUT2D eigenvalue weighted by Gasteiger charge is 2.22. The van der Waals surface area contributed by atoms with Crippen molar-refractivity contribution in [3.8, 4) is 0 Å². The lowest BCUT2D eigenvalue weighted by Gasteiger charge is -2.22. The molecule has 1 aromatic rings. The van der Waals surface area contributed by atoms with Gasteiger partial charge in [-0.25, -0.2) is 0 Å². The van der Waals surface area contributed by atoms with Crippen LogP contribution >= 0.6 is 0 Å². The lowest BCUT2D eigenvalue weighted by molar-refractivity contribution is -0.127. The van der Waals surface area contributed by atoms with Gasteiger partial charge in [0, 0.05) is 12.0 Å². The highest BCUT2D eigenvalue weighted by atomic mass is 16.1. The Labute approximate surface area is 105 Å². The molecular formula is C15H23NO. The van der Waals surface area contributed by atoms with E-state index in [1.807, 2.05) is 27.8 Å². The molecule has 0 aliphatic carbocycles. The first-order chi connectivity index (χ1) is 7.79. The van der Waals surface area contributed by atoms with Gasteiger partial charge in [-0.15, -0.1) is 0 Å². The van der Waals surface area contributed by atoms with Crippen molar-refractivity contribution in [3.05, 3.63) is 35.4 Å². The second-order valence-electron chi connectivity index (χ2n) is 5.83. The summed E-state index contributed by atoms with van der Waals surface area (Å²) in [5, 5.41) is 0. The highest BCUT2D eigenvalue weighted by molar-refractivity contribution is 5.85. The third-order valence-corrected chi connectivity index (χ3v) is 2.79. The molecule has 0 amide bonds. The van der Waals surface area contributed by atoms with E-state index in [1.54, 1.807) is 0 Å². The van der Waals surface area contributed by atoms with E-state index in [2.05, 4.69) is 36.1 Å². The second-order valence-corrected chi connectivity index (χ2v) is 5.83. The van der Waals surface area contributed by atoms with Crippen molar-refractivity contribution in [3.63, 3.8) is 0 Å². The zero-order valence-electron chi connectivity index (χ0n) is 11.6. The lowest BCUT2D eigenvalue weighted by atomic mass is 9.90. The summed E-state index contributed by atoms with van der Waals surface area (Å²) in [5.74, 6) is 0.285. The Morgan fingerprint density at radius 3 is 2.47 bits per heavy atom. The van der Waals surface area contributed by atoms with Crippen LogP contribution in [0.2, 0.25) is 0 Å². The molecule has 1 aromatic carbocycles. The number of rotatable bonds is 4. The van der Waals surface area contributed by atoms with Crippen molar-refractivity contribution in [2.75, 3.05) is 13.6 Å². The number of carbonyl (C=O) groups is 1. The number of benzene rings is 1. The molecular weight excluding hydrogens is 210 g/mol. The maximum Gasteiger partial charge on any atom is 0.152 e. The highest BCUT2D eigenvalue weighted by Crippen LogP contribution is 2.15. The fourth-order valence-corrected chi connectivity index (χ4v) is 1.66. The summed E-state index contributed by atoms with van der Waals surface area (Å²) in [5.41, 5.74) is 2.27. The molecule has 0 fully saturated rings. The van der Waals surface area contributed by atoms with E-state index < -0.39 is 0 Å². The second kappa shape index (κ2) is 5.46. The predicted molar refractivity (Wildman–Crippen MR) is 72.0 cm³/mol. The standard InChI is InChI=1S/C15H23NO/c1-12-7-6-8-13(9-12)10-16(5)11-14(17)15(2,3)4/h6-9H,10-11H2,1-5H3. The summed E-state index contributed by atoms with van der Waals surface area (Å²) in [6, 6.07) is 8.41. The van der Waals surface area contributed by atoms with Gasteiger partial charge in [0.25, 0.3) is 0 Å². The maximum atomic E-state index is 11.9. The minimum Gasteiger partial charge on any atom is -0.298 e. The molecule has 0 radical (unpaired) electrons. The lowest BCUT2D eigenvalue weighted by Crippen LogP contribution is -2.33. The van der Waals surface area contributed by atoms with Gasteiger partial charge in [-0.1, -0.05) is 50.6 Å². The zero-order valence-corrected chi connectivity index (χ0v) is 11.6. The third kappa shape index (κ3) is 4.70. The van der Waals surface area contributed by atoms with Crippen molar-refractivity contribution < 1.29 is 4.79 Å². The van der Waals surface area contributed by atoms with E-state index in [0.717, 1.165) is 6.54 Å². The topological polar surface area (TPSA) is 20.3 Å². The largest absolute Gasteiger partial charge is 0.298 e. The van der Waals surface area contributed by atoms with Crippen LogP contribution in [-0.4, -0.2) is 24.3 Å².